The lowest BCUT2D eigenvalue weighted by Crippen LogP contribution is -2.47. The first-order valence-corrected chi connectivity index (χ1v) is 8.07. The third kappa shape index (κ3) is 2.66. The Kier molecular flexibility index (Phi) is 3.67. The molecule has 1 aromatic carbocycles. The second kappa shape index (κ2) is 5.83. The van der Waals surface area contributed by atoms with Crippen molar-refractivity contribution < 1.29 is 14.3 Å². The molecule has 4 rings (SSSR count). The molecule has 2 fully saturated rings. The molecule has 1 amide bonds. The molecule has 5 heteroatoms. The van der Waals surface area contributed by atoms with E-state index < -0.39 is 5.79 Å². The second-order valence-corrected chi connectivity index (χ2v) is 6.01. The second-order valence-electron chi connectivity index (χ2n) is 6.01. The van der Waals surface area contributed by atoms with E-state index in [-0.39, 0.29) is 5.91 Å². The number of aromatic nitrogens is 1. The minimum absolute atomic E-state index is 0.0714. The molecule has 0 bridgehead atoms. The van der Waals surface area contributed by atoms with E-state index in [1.54, 1.807) is 0 Å². The minimum atomic E-state index is -0.448. The topological polar surface area (TPSA) is 43.7 Å². The first-order chi connectivity index (χ1) is 11.3. The molecule has 2 saturated heterocycles. The van der Waals surface area contributed by atoms with E-state index >= 15 is 0 Å². The zero-order valence-corrected chi connectivity index (χ0v) is 13.0. The van der Waals surface area contributed by atoms with Gasteiger partial charge in [0.25, 0.3) is 5.91 Å². The standard InChI is InChI=1S/C18H20N2O3/c21-17(20-11-7-18(8-12-20)22-13-14-23-18)15-5-1-2-6-16(15)19-9-3-4-10-19/h1-6,9-10H,7-8,11-14H2. The van der Waals surface area contributed by atoms with E-state index in [9.17, 15) is 4.79 Å². The summed E-state index contributed by atoms with van der Waals surface area (Å²) in [5.41, 5.74) is 1.64. The van der Waals surface area contributed by atoms with Gasteiger partial charge >= 0.3 is 0 Å². The highest BCUT2D eigenvalue weighted by atomic mass is 16.7. The van der Waals surface area contributed by atoms with Crippen LogP contribution in [0, 0.1) is 0 Å². The van der Waals surface area contributed by atoms with Crippen LogP contribution in [0.15, 0.2) is 48.8 Å². The Balaban J connectivity index is 1.54. The molecule has 0 saturated carbocycles. The lowest BCUT2D eigenvalue weighted by molar-refractivity contribution is -0.181. The maximum absolute atomic E-state index is 13.0. The summed E-state index contributed by atoms with van der Waals surface area (Å²) in [6, 6.07) is 11.7. The fraction of sp³-hybridized carbons (Fsp3) is 0.389. The van der Waals surface area contributed by atoms with Gasteiger partial charge in [-0.3, -0.25) is 4.79 Å². The normalized spacial score (nSPS) is 20.1. The van der Waals surface area contributed by atoms with Gasteiger partial charge in [-0.05, 0) is 24.3 Å². The van der Waals surface area contributed by atoms with Crippen molar-refractivity contribution in [2.75, 3.05) is 26.3 Å². The zero-order chi connectivity index (χ0) is 15.7. The summed E-state index contributed by atoms with van der Waals surface area (Å²) in [7, 11) is 0. The molecule has 0 atom stereocenters. The molecule has 120 valence electrons. The average Bonchev–Trinajstić information content (AvgIpc) is 3.27. The van der Waals surface area contributed by atoms with Crippen molar-refractivity contribution in [1.82, 2.24) is 9.47 Å². The van der Waals surface area contributed by atoms with Crippen LogP contribution in [0.25, 0.3) is 5.69 Å². The van der Waals surface area contributed by atoms with E-state index in [1.165, 1.54) is 0 Å². The number of ether oxygens (including phenoxy) is 2. The molecule has 23 heavy (non-hydrogen) atoms. The summed E-state index contributed by atoms with van der Waals surface area (Å²) in [5.74, 6) is -0.376. The van der Waals surface area contributed by atoms with Crippen molar-refractivity contribution in [3.8, 4) is 5.69 Å². The van der Waals surface area contributed by atoms with E-state index in [1.807, 2.05) is 58.3 Å². The van der Waals surface area contributed by atoms with Crippen LogP contribution in [0.1, 0.15) is 23.2 Å². The molecule has 1 spiro atoms. The number of para-hydroxylation sites is 1. The van der Waals surface area contributed by atoms with Gasteiger partial charge in [-0.25, -0.2) is 0 Å². The molecule has 2 aliphatic rings. The van der Waals surface area contributed by atoms with Gasteiger partial charge in [-0.2, -0.15) is 0 Å². The number of carbonyl (C=O) groups is 1. The fourth-order valence-corrected chi connectivity index (χ4v) is 3.38. The van der Waals surface area contributed by atoms with Crippen LogP contribution >= 0.6 is 0 Å². The Bertz CT molecular complexity index is 680. The molecule has 0 N–H and O–H groups in total. The van der Waals surface area contributed by atoms with Crippen LogP contribution in [0.3, 0.4) is 0 Å². The number of piperidine rings is 1. The number of amides is 1. The molecular formula is C18H20N2O3. The first-order valence-electron chi connectivity index (χ1n) is 8.07. The molecule has 0 unspecified atom stereocenters. The molecule has 1 aromatic heterocycles. The van der Waals surface area contributed by atoms with E-state index in [2.05, 4.69) is 0 Å². The predicted octanol–water partition coefficient (Wildman–Crippen LogP) is 2.46. The van der Waals surface area contributed by atoms with E-state index in [4.69, 9.17) is 9.47 Å². The lowest BCUT2D eigenvalue weighted by atomic mass is 10.0. The van der Waals surface area contributed by atoms with Crippen LogP contribution in [0.4, 0.5) is 0 Å². The van der Waals surface area contributed by atoms with Gasteiger partial charge in [-0.1, -0.05) is 12.1 Å². The quantitative estimate of drug-likeness (QED) is 0.855. The summed E-state index contributed by atoms with van der Waals surface area (Å²) in [6.07, 6.45) is 5.39. The Morgan fingerprint density at radius 1 is 0.957 bits per heavy atom. The Hall–Kier alpha value is -2.11. The third-order valence-electron chi connectivity index (χ3n) is 4.64. The molecule has 5 nitrogen and oxygen atoms in total. The summed E-state index contributed by atoms with van der Waals surface area (Å²) in [4.78, 5) is 14.9. The first kappa shape index (κ1) is 14.5. The molecular weight excluding hydrogens is 292 g/mol. The summed E-state index contributed by atoms with van der Waals surface area (Å²) < 4.78 is 13.4. The summed E-state index contributed by atoms with van der Waals surface area (Å²) in [6.45, 7) is 2.65. The van der Waals surface area contributed by atoms with Crippen LogP contribution in [0.2, 0.25) is 0 Å². The van der Waals surface area contributed by atoms with Crippen LogP contribution < -0.4 is 0 Å². The molecule has 3 heterocycles. The van der Waals surface area contributed by atoms with Crippen molar-refractivity contribution in [1.29, 1.82) is 0 Å². The highest BCUT2D eigenvalue weighted by molar-refractivity contribution is 5.97. The van der Waals surface area contributed by atoms with Gasteiger partial charge in [0.15, 0.2) is 5.79 Å². The highest BCUT2D eigenvalue weighted by Gasteiger charge is 2.41. The van der Waals surface area contributed by atoms with Crippen molar-refractivity contribution in [3.05, 3.63) is 54.4 Å². The van der Waals surface area contributed by atoms with Crippen molar-refractivity contribution in [2.45, 2.75) is 18.6 Å². The number of benzene rings is 1. The number of carbonyl (C=O) groups excluding carboxylic acids is 1. The average molecular weight is 312 g/mol. The largest absolute Gasteiger partial charge is 0.347 e. The maximum atomic E-state index is 13.0. The van der Waals surface area contributed by atoms with Gasteiger partial charge in [0.1, 0.15) is 0 Å². The van der Waals surface area contributed by atoms with E-state index in [0.29, 0.717) is 26.3 Å². The van der Waals surface area contributed by atoms with Crippen LogP contribution in [-0.4, -0.2) is 47.5 Å². The van der Waals surface area contributed by atoms with Crippen molar-refractivity contribution in [3.63, 3.8) is 0 Å². The van der Waals surface area contributed by atoms with Gasteiger partial charge < -0.3 is 18.9 Å². The Labute approximate surface area is 135 Å². The molecule has 2 aromatic rings. The monoisotopic (exact) mass is 312 g/mol. The van der Waals surface area contributed by atoms with Crippen LogP contribution in [-0.2, 0) is 9.47 Å². The third-order valence-corrected chi connectivity index (χ3v) is 4.64. The SMILES string of the molecule is O=C(c1ccccc1-n1cccc1)N1CCC2(CC1)OCCO2. The number of likely N-dealkylation sites (tertiary alicyclic amines) is 1. The Morgan fingerprint density at radius 2 is 1.61 bits per heavy atom. The molecule has 2 aliphatic heterocycles. The minimum Gasteiger partial charge on any atom is -0.347 e. The highest BCUT2D eigenvalue weighted by Crippen LogP contribution is 2.32. The zero-order valence-electron chi connectivity index (χ0n) is 13.0. The number of nitrogens with zero attached hydrogens (tertiary/aromatic N) is 2. The van der Waals surface area contributed by atoms with Gasteiger partial charge in [0, 0.05) is 38.3 Å². The predicted molar refractivity (Wildman–Crippen MR) is 85.5 cm³/mol. The fourth-order valence-electron chi connectivity index (χ4n) is 3.38. The van der Waals surface area contributed by atoms with Crippen LogP contribution in [0.5, 0.6) is 0 Å². The van der Waals surface area contributed by atoms with Crippen molar-refractivity contribution in [2.24, 2.45) is 0 Å². The van der Waals surface area contributed by atoms with Crippen molar-refractivity contribution >= 4 is 5.91 Å². The number of rotatable bonds is 2. The van der Waals surface area contributed by atoms with E-state index in [0.717, 1.165) is 24.1 Å². The number of hydrogen-bond acceptors (Lipinski definition) is 3. The number of hydrogen-bond donors (Lipinski definition) is 0. The van der Waals surface area contributed by atoms with Gasteiger partial charge in [0.2, 0.25) is 0 Å². The Morgan fingerprint density at radius 3 is 2.30 bits per heavy atom. The smallest absolute Gasteiger partial charge is 0.255 e. The lowest BCUT2D eigenvalue weighted by Gasteiger charge is -2.37. The maximum Gasteiger partial charge on any atom is 0.255 e. The summed E-state index contributed by atoms with van der Waals surface area (Å²) >= 11 is 0. The summed E-state index contributed by atoms with van der Waals surface area (Å²) in [5, 5.41) is 0. The molecule has 0 aliphatic carbocycles. The molecule has 0 radical (unpaired) electrons. The van der Waals surface area contributed by atoms with Gasteiger partial charge in [0.05, 0.1) is 24.5 Å². The van der Waals surface area contributed by atoms with Gasteiger partial charge in [-0.15, -0.1) is 0 Å².